The minimum atomic E-state index is 0.0203. The molecule has 1 spiro atoms. The Labute approximate surface area is 66.9 Å². The summed E-state index contributed by atoms with van der Waals surface area (Å²) in [4.78, 5) is 10.9. The van der Waals surface area contributed by atoms with Gasteiger partial charge in [0, 0.05) is 5.41 Å². The van der Waals surface area contributed by atoms with Gasteiger partial charge in [0.2, 0.25) is 0 Å². The van der Waals surface area contributed by atoms with E-state index in [9.17, 15) is 4.79 Å². The summed E-state index contributed by atoms with van der Waals surface area (Å²) in [5.74, 6) is 0.0203. The lowest BCUT2D eigenvalue weighted by Crippen LogP contribution is -2.23. The Bertz CT molecular complexity index is 168. The van der Waals surface area contributed by atoms with Crippen molar-refractivity contribution >= 4 is 5.97 Å². The van der Waals surface area contributed by atoms with E-state index in [2.05, 4.69) is 0 Å². The summed E-state index contributed by atoms with van der Waals surface area (Å²) in [6.45, 7) is 0.700. The van der Waals surface area contributed by atoms with Crippen LogP contribution in [0, 0.1) is 5.41 Å². The van der Waals surface area contributed by atoms with E-state index >= 15 is 0 Å². The molecule has 11 heavy (non-hydrogen) atoms. The number of hydrogen-bond acceptors (Lipinski definition) is 2. The van der Waals surface area contributed by atoms with Gasteiger partial charge in [-0.3, -0.25) is 4.79 Å². The van der Waals surface area contributed by atoms with Crippen molar-refractivity contribution < 1.29 is 9.53 Å². The lowest BCUT2D eigenvalue weighted by atomic mass is 9.74. The van der Waals surface area contributed by atoms with Crippen LogP contribution in [0.5, 0.6) is 0 Å². The number of esters is 1. The monoisotopic (exact) mass is 154 g/mol. The molecular weight excluding hydrogens is 140 g/mol. The number of rotatable bonds is 0. The highest BCUT2D eigenvalue weighted by Gasteiger charge is 2.40. The lowest BCUT2D eigenvalue weighted by molar-refractivity contribution is -0.137. The van der Waals surface area contributed by atoms with E-state index in [0.717, 1.165) is 0 Å². The minimum absolute atomic E-state index is 0.0203. The van der Waals surface area contributed by atoms with Crippen LogP contribution in [0.25, 0.3) is 0 Å². The molecule has 1 aliphatic heterocycles. The fourth-order valence-corrected chi connectivity index (χ4v) is 2.26. The fourth-order valence-electron chi connectivity index (χ4n) is 2.26. The van der Waals surface area contributed by atoms with Crippen LogP contribution in [0.15, 0.2) is 0 Å². The van der Waals surface area contributed by atoms with Crippen molar-refractivity contribution in [3.63, 3.8) is 0 Å². The Morgan fingerprint density at radius 2 is 1.91 bits per heavy atom. The fraction of sp³-hybridized carbons (Fsp3) is 0.889. The molecule has 2 rings (SSSR count). The zero-order valence-corrected chi connectivity index (χ0v) is 6.77. The third-order valence-corrected chi connectivity index (χ3v) is 2.97. The van der Waals surface area contributed by atoms with E-state index in [1.165, 1.54) is 32.1 Å². The van der Waals surface area contributed by atoms with Crippen LogP contribution in [-0.2, 0) is 9.53 Å². The first-order chi connectivity index (χ1) is 5.31. The number of cyclic esters (lactones) is 1. The summed E-state index contributed by atoms with van der Waals surface area (Å²) in [7, 11) is 0. The van der Waals surface area contributed by atoms with Crippen molar-refractivity contribution in [2.45, 2.75) is 38.5 Å². The van der Waals surface area contributed by atoms with Crippen LogP contribution in [0.1, 0.15) is 38.5 Å². The van der Waals surface area contributed by atoms with Crippen LogP contribution in [0.4, 0.5) is 0 Å². The smallest absolute Gasteiger partial charge is 0.306 e. The topological polar surface area (TPSA) is 26.3 Å². The van der Waals surface area contributed by atoms with Crippen molar-refractivity contribution in [3.8, 4) is 0 Å². The normalized spacial score (nSPS) is 28.9. The van der Waals surface area contributed by atoms with Crippen LogP contribution >= 0.6 is 0 Å². The zero-order chi connectivity index (χ0) is 7.73. The molecule has 2 heteroatoms. The Hall–Kier alpha value is -0.530. The molecule has 0 aromatic carbocycles. The maximum atomic E-state index is 10.9. The molecule has 0 radical (unpaired) electrons. The van der Waals surface area contributed by atoms with Crippen molar-refractivity contribution in [1.82, 2.24) is 0 Å². The van der Waals surface area contributed by atoms with Gasteiger partial charge in [0.15, 0.2) is 0 Å². The Morgan fingerprint density at radius 1 is 1.18 bits per heavy atom. The summed E-state index contributed by atoms with van der Waals surface area (Å²) in [6, 6.07) is 0. The molecule has 2 aliphatic rings. The van der Waals surface area contributed by atoms with E-state index in [0.29, 0.717) is 13.0 Å². The van der Waals surface area contributed by atoms with Crippen LogP contribution in [0.2, 0.25) is 0 Å². The van der Waals surface area contributed by atoms with Crippen molar-refractivity contribution in [1.29, 1.82) is 0 Å². The molecule has 0 aromatic rings. The number of carbonyl (C=O) groups is 1. The van der Waals surface area contributed by atoms with Crippen molar-refractivity contribution in [2.75, 3.05) is 6.61 Å². The standard InChI is InChI=1S/C9H14O2/c10-8-6-9(7-11-8)4-2-1-3-5-9/h1-7H2. The Morgan fingerprint density at radius 3 is 2.45 bits per heavy atom. The average molecular weight is 154 g/mol. The maximum Gasteiger partial charge on any atom is 0.306 e. The zero-order valence-electron chi connectivity index (χ0n) is 6.77. The van der Waals surface area contributed by atoms with Gasteiger partial charge in [-0.15, -0.1) is 0 Å². The third-order valence-electron chi connectivity index (χ3n) is 2.97. The average Bonchev–Trinajstić information content (AvgIpc) is 2.34. The second kappa shape index (κ2) is 2.50. The molecule has 2 nitrogen and oxygen atoms in total. The highest BCUT2D eigenvalue weighted by Crippen LogP contribution is 2.42. The summed E-state index contributed by atoms with van der Waals surface area (Å²) in [5.41, 5.74) is 0.273. The van der Waals surface area contributed by atoms with Crippen molar-refractivity contribution in [3.05, 3.63) is 0 Å². The van der Waals surface area contributed by atoms with E-state index in [1.54, 1.807) is 0 Å². The molecule has 0 aromatic heterocycles. The lowest BCUT2D eigenvalue weighted by Gasteiger charge is -2.29. The van der Waals surface area contributed by atoms with E-state index in [1.807, 2.05) is 0 Å². The predicted molar refractivity (Wildman–Crippen MR) is 41.1 cm³/mol. The van der Waals surface area contributed by atoms with Crippen LogP contribution < -0.4 is 0 Å². The van der Waals surface area contributed by atoms with Crippen molar-refractivity contribution in [2.24, 2.45) is 5.41 Å². The highest BCUT2D eigenvalue weighted by molar-refractivity contribution is 5.72. The first-order valence-corrected chi connectivity index (χ1v) is 4.46. The SMILES string of the molecule is O=C1CC2(CCCCC2)CO1. The molecule has 1 aliphatic carbocycles. The molecule has 1 saturated heterocycles. The molecule has 0 unspecified atom stereocenters. The van der Waals surface area contributed by atoms with Gasteiger partial charge in [0.25, 0.3) is 0 Å². The Balaban J connectivity index is 2.03. The molecular formula is C9H14O2. The minimum Gasteiger partial charge on any atom is -0.465 e. The molecule has 62 valence electrons. The third kappa shape index (κ3) is 1.26. The van der Waals surface area contributed by atoms with Gasteiger partial charge in [0.1, 0.15) is 0 Å². The Kier molecular flexibility index (Phi) is 1.63. The highest BCUT2D eigenvalue weighted by atomic mass is 16.5. The van der Waals surface area contributed by atoms with E-state index in [4.69, 9.17) is 4.74 Å². The number of hydrogen-bond donors (Lipinski definition) is 0. The summed E-state index contributed by atoms with van der Waals surface area (Å²) >= 11 is 0. The first kappa shape index (κ1) is 7.14. The molecule has 0 amide bonds. The van der Waals surface area contributed by atoms with Gasteiger partial charge < -0.3 is 4.74 Å². The molecule has 0 atom stereocenters. The van der Waals surface area contributed by atoms with Gasteiger partial charge in [-0.1, -0.05) is 19.3 Å². The predicted octanol–water partition coefficient (Wildman–Crippen LogP) is 1.88. The number of carbonyl (C=O) groups excluding carboxylic acids is 1. The largest absolute Gasteiger partial charge is 0.465 e. The second-order valence-electron chi connectivity index (χ2n) is 3.90. The quantitative estimate of drug-likeness (QED) is 0.498. The number of ether oxygens (including phenoxy) is 1. The molecule has 0 N–H and O–H groups in total. The molecule has 2 fully saturated rings. The molecule has 0 bridgehead atoms. The molecule has 1 saturated carbocycles. The van der Waals surface area contributed by atoms with Gasteiger partial charge in [-0.2, -0.15) is 0 Å². The van der Waals surface area contributed by atoms with Crippen LogP contribution in [0.3, 0.4) is 0 Å². The maximum absolute atomic E-state index is 10.9. The van der Waals surface area contributed by atoms with Gasteiger partial charge in [-0.05, 0) is 12.8 Å². The second-order valence-corrected chi connectivity index (χ2v) is 3.90. The van der Waals surface area contributed by atoms with E-state index in [-0.39, 0.29) is 11.4 Å². The molecule has 1 heterocycles. The van der Waals surface area contributed by atoms with Crippen LogP contribution in [-0.4, -0.2) is 12.6 Å². The first-order valence-electron chi connectivity index (χ1n) is 4.46. The summed E-state index contributed by atoms with van der Waals surface area (Å²) < 4.78 is 5.01. The van der Waals surface area contributed by atoms with Gasteiger partial charge >= 0.3 is 5.97 Å². The van der Waals surface area contributed by atoms with Gasteiger partial charge in [-0.25, -0.2) is 0 Å². The summed E-state index contributed by atoms with van der Waals surface area (Å²) in [5, 5.41) is 0. The van der Waals surface area contributed by atoms with Gasteiger partial charge in [0.05, 0.1) is 13.0 Å². The van der Waals surface area contributed by atoms with E-state index < -0.39 is 0 Å². The summed E-state index contributed by atoms with van der Waals surface area (Å²) in [6.07, 6.45) is 7.02.